The van der Waals surface area contributed by atoms with Gasteiger partial charge < -0.3 is 4.98 Å². The van der Waals surface area contributed by atoms with Crippen LogP contribution < -0.4 is 5.56 Å². The molecule has 0 aliphatic heterocycles. The van der Waals surface area contributed by atoms with Gasteiger partial charge in [-0.1, -0.05) is 11.8 Å². The molecule has 1 aromatic rings. The van der Waals surface area contributed by atoms with Crippen LogP contribution in [-0.2, 0) is 0 Å². The van der Waals surface area contributed by atoms with Gasteiger partial charge in [0.1, 0.15) is 0 Å². The first-order valence-electron chi connectivity index (χ1n) is 4.05. The van der Waals surface area contributed by atoms with E-state index in [0.717, 1.165) is 5.56 Å². The largest absolute Gasteiger partial charge is 0.328 e. The number of pyridine rings is 1. The molecule has 1 aliphatic carbocycles. The van der Waals surface area contributed by atoms with Gasteiger partial charge in [-0.3, -0.25) is 4.79 Å². The van der Waals surface area contributed by atoms with E-state index in [4.69, 9.17) is 0 Å². The molecular formula is C10H9NO. The van der Waals surface area contributed by atoms with Crippen molar-refractivity contribution in [2.75, 3.05) is 0 Å². The summed E-state index contributed by atoms with van der Waals surface area (Å²) in [4.78, 5) is 13.3. The highest BCUT2D eigenvalue weighted by Gasteiger charge is 2.17. The van der Waals surface area contributed by atoms with Gasteiger partial charge in [0.15, 0.2) is 0 Å². The minimum Gasteiger partial charge on any atom is -0.328 e. The third-order valence-electron chi connectivity index (χ3n) is 1.78. The first kappa shape index (κ1) is 7.17. The molecule has 1 aromatic heterocycles. The lowest BCUT2D eigenvalue weighted by molar-refractivity contribution is 1.18. The maximum atomic E-state index is 10.7. The minimum absolute atomic E-state index is 0.0769. The highest BCUT2D eigenvalue weighted by atomic mass is 16.1. The van der Waals surface area contributed by atoms with Crippen molar-refractivity contribution in [3.63, 3.8) is 0 Å². The van der Waals surface area contributed by atoms with Crippen LogP contribution in [-0.4, -0.2) is 4.98 Å². The van der Waals surface area contributed by atoms with Crippen LogP contribution in [0.5, 0.6) is 0 Å². The van der Waals surface area contributed by atoms with Crippen molar-refractivity contribution in [1.29, 1.82) is 0 Å². The zero-order chi connectivity index (χ0) is 8.39. The van der Waals surface area contributed by atoms with Gasteiger partial charge in [-0.2, -0.15) is 0 Å². The van der Waals surface area contributed by atoms with Crippen molar-refractivity contribution >= 4 is 0 Å². The van der Waals surface area contributed by atoms with E-state index in [2.05, 4.69) is 16.8 Å². The molecule has 1 N–H and O–H groups in total. The number of hydrogen-bond donors (Lipinski definition) is 1. The van der Waals surface area contributed by atoms with Crippen LogP contribution in [0.3, 0.4) is 0 Å². The molecule has 1 fully saturated rings. The van der Waals surface area contributed by atoms with Crippen LogP contribution in [0.4, 0.5) is 0 Å². The van der Waals surface area contributed by atoms with Gasteiger partial charge in [0, 0.05) is 23.7 Å². The molecule has 1 aliphatic rings. The first-order chi connectivity index (χ1) is 5.84. The fraction of sp³-hybridized carbons (Fsp3) is 0.300. The highest BCUT2D eigenvalue weighted by molar-refractivity contribution is 5.32. The molecule has 0 aromatic carbocycles. The van der Waals surface area contributed by atoms with Gasteiger partial charge in [0.2, 0.25) is 5.56 Å². The van der Waals surface area contributed by atoms with Crippen molar-refractivity contribution in [3.8, 4) is 11.8 Å². The van der Waals surface area contributed by atoms with E-state index in [0.29, 0.717) is 5.92 Å². The van der Waals surface area contributed by atoms with Crippen LogP contribution in [0.1, 0.15) is 18.4 Å². The quantitative estimate of drug-likeness (QED) is 0.566. The number of rotatable bonds is 0. The molecule has 0 amide bonds. The second-order valence-corrected chi connectivity index (χ2v) is 2.99. The molecule has 0 unspecified atom stereocenters. The normalized spacial score (nSPS) is 15.0. The molecule has 1 heterocycles. The van der Waals surface area contributed by atoms with Crippen molar-refractivity contribution in [3.05, 3.63) is 34.2 Å². The fourth-order valence-corrected chi connectivity index (χ4v) is 0.901. The van der Waals surface area contributed by atoms with E-state index >= 15 is 0 Å². The van der Waals surface area contributed by atoms with Crippen LogP contribution in [0.2, 0.25) is 0 Å². The maximum Gasteiger partial charge on any atom is 0.247 e. The van der Waals surface area contributed by atoms with Gasteiger partial charge in [0.25, 0.3) is 0 Å². The summed E-state index contributed by atoms with van der Waals surface area (Å²) < 4.78 is 0. The third-order valence-corrected chi connectivity index (χ3v) is 1.78. The van der Waals surface area contributed by atoms with Gasteiger partial charge in [-0.15, -0.1) is 0 Å². The lowest BCUT2D eigenvalue weighted by Gasteiger charge is -1.85. The highest BCUT2D eigenvalue weighted by Crippen LogP contribution is 2.27. The standard InChI is InChI=1S/C10H9NO/c12-10-6-5-9(7-11-10)4-3-8-1-2-8/h5-8H,1-2H2,(H,11,12). The van der Waals surface area contributed by atoms with Gasteiger partial charge in [0.05, 0.1) is 0 Å². The van der Waals surface area contributed by atoms with Crippen molar-refractivity contribution in [2.24, 2.45) is 5.92 Å². The molecule has 0 bridgehead atoms. The summed E-state index contributed by atoms with van der Waals surface area (Å²) in [5, 5.41) is 0. The zero-order valence-corrected chi connectivity index (χ0v) is 6.63. The number of nitrogens with one attached hydrogen (secondary N) is 1. The monoisotopic (exact) mass is 159 g/mol. The number of hydrogen-bond acceptors (Lipinski definition) is 1. The van der Waals surface area contributed by atoms with Gasteiger partial charge in [-0.25, -0.2) is 0 Å². The number of aromatic amines is 1. The Hall–Kier alpha value is -1.49. The van der Waals surface area contributed by atoms with E-state index in [1.807, 2.05) is 0 Å². The molecule has 60 valence electrons. The smallest absolute Gasteiger partial charge is 0.247 e. The van der Waals surface area contributed by atoms with E-state index in [1.165, 1.54) is 18.9 Å². The third kappa shape index (κ3) is 1.76. The lowest BCUT2D eigenvalue weighted by atomic mass is 10.3. The average Bonchev–Trinajstić information content (AvgIpc) is 2.87. The Bertz CT molecular complexity index is 370. The second-order valence-electron chi connectivity index (χ2n) is 2.99. The van der Waals surface area contributed by atoms with Crippen LogP contribution >= 0.6 is 0 Å². The Kier molecular flexibility index (Phi) is 1.71. The predicted molar refractivity (Wildman–Crippen MR) is 46.7 cm³/mol. The molecule has 2 nitrogen and oxygen atoms in total. The maximum absolute atomic E-state index is 10.7. The summed E-state index contributed by atoms with van der Waals surface area (Å²) in [7, 11) is 0. The predicted octanol–water partition coefficient (Wildman–Crippen LogP) is 1.14. The molecule has 0 saturated heterocycles. The Morgan fingerprint density at radius 1 is 1.42 bits per heavy atom. The summed E-state index contributed by atoms with van der Waals surface area (Å²) in [5.41, 5.74) is 0.813. The molecule has 0 radical (unpaired) electrons. The fourth-order valence-electron chi connectivity index (χ4n) is 0.901. The van der Waals surface area contributed by atoms with E-state index in [1.54, 1.807) is 12.3 Å². The molecule has 0 atom stereocenters. The van der Waals surface area contributed by atoms with Crippen LogP contribution in [0.25, 0.3) is 0 Å². The molecule has 12 heavy (non-hydrogen) atoms. The number of aromatic nitrogens is 1. The molecule has 2 heteroatoms. The summed E-state index contributed by atoms with van der Waals surface area (Å²) in [6, 6.07) is 3.24. The average molecular weight is 159 g/mol. The Balaban J connectivity index is 2.19. The molecule has 2 rings (SSSR count). The first-order valence-corrected chi connectivity index (χ1v) is 4.05. The summed E-state index contributed by atoms with van der Waals surface area (Å²) in [5.74, 6) is 6.74. The summed E-state index contributed by atoms with van der Waals surface area (Å²) in [6.45, 7) is 0. The summed E-state index contributed by atoms with van der Waals surface area (Å²) in [6.07, 6.45) is 4.12. The Labute approximate surface area is 70.6 Å². The minimum atomic E-state index is -0.0769. The van der Waals surface area contributed by atoms with E-state index in [-0.39, 0.29) is 5.56 Å². The van der Waals surface area contributed by atoms with Gasteiger partial charge in [-0.05, 0) is 18.9 Å². The SMILES string of the molecule is O=c1ccc(C#CC2CC2)c[nH]1. The topological polar surface area (TPSA) is 32.9 Å². The van der Waals surface area contributed by atoms with Crippen molar-refractivity contribution < 1.29 is 0 Å². The van der Waals surface area contributed by atoms with Gasteiger partial charge >= 0.3 is 0 Å². The molecular weight excluding hydrogens is 150 g/mol. The lowest BCUT2D eigenvalue weighted by Crippen LogP contribution is -2.01. The number of H-pyrrole nitrogens is 1. The zero-order valence-electron chi connectivity index (χ0n) is 6.63. The Morgan fingerprint density at radius 2 is 2.25 bits per heavy atom. The van der Waals surface area contributed by atoms with Crippen LogP contribution in [0, 0.1) is 17.8 Å². The molecule has 0 spiro atoms. The second kappa shape index (κ2) is 2.86. The van der Waals surface area contributed by atoms with Crippen LogP contribution in [0.15, 0.2) is 23.1 Å². The Morgan fingerprint density at radius 3 is 2.83 bits per heavy atom. The summed E-state index contributed by atoms with van der Waals surface area (Å²) >= 11 is 0. The van der Waals surface area contributed by atoms with E-state index in [9.17, 15) is 4.79 Å². The van der Waals surface area contributed by atoms with Crippen molar-refractivity contribution in [1.82, 2.24) is 4.98 Å². The van der Waals surface area contributed by atoms with Crippen molar-refractivity contribution in [2.45, 2.75) is 12.8 Å². The molecule has 1 saturated carbocycles. The van der Waals surface area contributed by atoms with E-state index < -0.39 is 0 Å².